The van der Waals surface area contributed by atoms with Gasteiger partial charge in [0.15, 0.2) is 0 Å². The molecule has 0 fully saturated rings. The van der Waals surface area contributed by atoms with Crippen LogP contribution >= 0.6 is 0 Å². The third-order valence-electron chi connectivity index (χ3n) is 4.24. The van der Waals surface area contributed by atoms with Crippen molar-refractivity contribution in [2.24, 2.45) is 5.73 Å². The van der Waals surface area contributed by atoms with Crippen LogP contribution in [-0.2, 0) is 16.1 Å². The molecular weight excluding hydrogens is 367 g/mol. The van der Waals surface area contributed by atoms with Crippen LogP contribution < -0.4 is 16.4 Å². The molecule has 1 aromatic heterocycles. The lowest BCUT2D eigenvalue weighted by atomic mass is 10.2. The Labute approximate surface area is 160 Å². The van der Waals surface area contributed by atoms with Gasteiger partial charge in [-0.25, -0.2) is 4.39 Å². The minimum absolute atomic E-state index is 0.0138. The number of hydrogen-bond donors (Lipinski definition) is 3. The van der Waals surface area contributed by atoms with Crippen LogP contribution in [0.4, 0.5) is 4.39 Å². The first-order valence-electron chi connectivity index (χ1n) is 8.47. The number of nitrogens with zero attached hydrogens (tertiary/aromatic N) is 3. The lowest BCUT2D eigenvalue weighted by Crippen LogP contribution is -2.54. The molecule has 4 N–H and O–H groups in total. The normalized spacial score (nSPS) is 15.2. The molecule has 1 unspecified atom stereocenters. The number of aromatic nitrogens is 2. The number of aldehydes is 1. The Kier molecular flexibility index (Phi) is 5.39. The molecule has 28 heavy (non-hydrogen) atoms. The Morgan fingerprint density at radius 3 is 3.00 bits per heavy atom. The second-order valence-corrected chi connectivity index (χ2v) is 6.29. The van der Waals surface area contributed by atoms with E-state index in [0.717, 1.165) is 0 Å². The van der Waals surface area contributed by atoms with E-state index in [-0.39, 0.29) is 36.1 Å². The minimum atomic E-state index is -0.672. The number of nitrogens with one attached hydrogen (secondary N) is 2. The molecule has 0 saturated carbocycles. The monoisotopic (exact) mass is 386 g/mol. The summed E-state index contributed by atoms with van der Waals surface area (Å²) < 4.78 is 14.8. The van der Waals surface area contributed by atoms with Gasteiger partial charge in [0.05, 0.1) is 31.0 Å². The van der Waals surface area contributed by atoms with Crippen LogP contribution in [-0.4, -0.2) is 45.5 Å². The third-order valence-corrected chi connectivity index (χ3v) is 4.24. The molecule has 0 aliphatic carbocycles. The fourth-order valence-electron chi connectivity index (χ4n) is 2.69. The highest BCUT2D eigenvalue weighted by molar-refractivity contribution is 6.03. The molecule has 0 saturated heterocycles. The van der Waals surface area contributed by atoms with Gasteiger partial charge in [-0.1, -0.05) is 12.1 Å². The highest BCUT2D eigenvalue weighted by Crippen LogP contribution is 2.11. The van der Waals surface area contributed by atoms with Crippen molar-refractivity contribution in [2.45, 2.75) is 19.5 Å². The van der Waals surface area contributed by atoms with Crippen molar-refractivity contribution in [3.8, 4) is 0 Å². The van der Waals surface area contributed by atoms with E-state index in [1.54, 1.807) is 19.1 Å². The molecule has 10 heteroatoms. The van der Waals surface area contributed by atoms with Crippen molar-refractivity contribution in [2.75, 3.05) is 6.67 Å². The molecular formula is C18H19FN6O3. The maximum absolute atomic E-state index is 13.3. The topological polar surface area (TPSA) is 122 Å². The molecule has 0 spiro atoms. The SMILES string of the molecule is CC(C=O)N1CNC(N)=C(NC(=O)c2cnn(Cc3cccc(F)c3)c2)C1=O. The molecule has 2 heterocycles. The Balaban J connectivity index is 1.72. The van der Waals surface area contributed by atoms with Crippen LogP contribution in [0.15, 0.2) is 48.2 Å². The minimum Gasteiger partial charge on any atom is -0.384 e. The lowest BCUT2D eigenvalue weighted by Gasteiger charge is -2.32. The van der Waals surface area contributed by atoms with Crippen molar-refractivity contribution in [3.63, 3.8) is 0 Å². The number of halogens is 1. The van der Waals surface area contributed by atoms with Gasteiger partial charge in [0.25, 0.3) is 11.8 Å². The molecule has 146 valence electrons. The summed E-state index contributed by atoms with van der Waals surface area (Å²) in [4.78, 5) is 37.2. The van der Waals surface area contributed by atoms with Gasteiger partial charge < -0.3 is 26.1 Å². The van der Waals surface area contributed by atoms with E-state index in [1.165, 1.54) is 34.1 Å². The first-order valence-corrected chi connectivity index (χ1v) is 8.47. The third kappa shape index (κ3) is 4.00. The zero-order valence-electron chi connectivity index (χ0n) is 15.1. The van der Waals surface area contributed by atoms with Crippen molar-refractivity contribution in [3.05, 3.63) is 65.1 Å². The van der Waals surface area contributed by atoms with Crippen molar-refractivity contribution < 1.29 is 18.8 Å². The Hall–Kier alpha value is -3.69. The van der Waals surface area contributed by atoms with Gasteiger partial charge in [-0.05, 0) is 24.6 Å². The van der Waals surface area contributed by atoms with Gasteiger partial charge in [-0.2, -0.15) is 5.10 Å². The van der Waals surface area contributed by atoms with E-state index >= 15 is 0 Å². The van der Waals surface area contributed by atoms with E-state index in [1.807, 2.05) is 0 Å². The van der Waals surface area contributed by atoms with E-state index in [0.29, 0.717) is 11.8 Å². The zero-order valence-corrected chi connectivity index (χ0v) is 15.1. The van der Waals surface area contributed by atoms with E-state index in [2.05, 4.69) is 15.7 Å². The van der Waals surface area contributed by atoms with E-state index < -0.39 is 17.9 Å². The van der Waals surface area contributed by atoms with Crippen molar-refractivity contribution in [1.82, 2.24) is 25.3 Å². The predicted molar refractivity (Wildman–Crippen MR) is 96.8 cm³/mol. The highest BCUT2D eigenvalue weighted by Gasteiger charge is 2.30. The average molecular weight is 386 g/mol. The molecule has 2 amide bonds. The number of nitrogens with two attached hydrogens (primary N) is 1. The summed E-state index contributed by atoms with van der Waals surface area (Å²) in [6.07, 6.45) is 3.43. The Bertz CT molecular complexity index is 954. The summed E-state index contributed by atoms with van der Waals surface area (Å²) >= 11 is 0. The summed E-state index contributed by atoms with van der Waals surface area (Å²) in [5, 5.41) is 9.30. The van der Waals surface area contributed by atoms with Crippen LogP contribution in [0, 0.1) is 5.82 Å². The summed E-state index contributed by atoms with van der Waals surface area (Å²) in [5.41, 5.74) is 6.53. The van der Waals surface area contributed by atoms with Crippen LogP contribution in [0.25, 0.3) is 0 Å². The van der Waals surface area contributed by atoms with E-state index in [4.69, 9.17) is 5.73 Å². The predicted octanol–water partition coefficient (Wildman–Crippen LogP) is -0.0952. The summed E-state index contributed by atoms with van der Waals surface area (Å²) in [7, 11) is 0. The van der Waals surface area contributed by atoms with Crippen LogP contribution in [0.5, 0.6) is 0 Å². The Morgan fingerprint density at radius 2 is 2.29 bits per heavy atom. The summed E-state index contributed by atoms with van der Waals surface area (Å²) in [6.45, 7) is 1.90. The maximum atomic E-state index is 13.3. The van der Waals surface area contributed by atoms with Crippen LogP contribution in [0.2, 0.25) is 0 Å². The smallest absolute Gasteiger partial charge is 0.276 e. The highest BCUT2D eigenvalue weighted by atomic mass is 19.1. The average Bonchev–Trinajstić information content (AvgIpc) is 3.13. The van der Waals surface area contributed by atoms with Gasteiger partial charge >= 0.3 is 0 Å². The van der Waals surface area contributed by atoms with Gasteiger partial charge in [-0.3, -0.25) is 14.3 Å². The first kappa shape index (κ1) is 19.1. The van der Waals surface area contributed by atoms with Gasteiger partial charge in [0, 0.05) is 6.20 Å². The molecule has 1 atom stereocenters. The maximum Gasteiger partial charge on any atom is 0.276 e. The number of carbonyl (C=O) groups excluding carboxylic acids is 3. The molecule has 9 nitrogen and oxygen atoms in total. The largest absolute Gasteiger partial charge is 0.384 e. The molecule has 1 aliphatic rings. The van der Waals surface area contributed by atoms with Gasteiger partial charge in [0.2, 0.25) is 0 Å². The van der Waals surface area contributed by atoms with Gasteiger partial charge in [0.1, 0.15) is 23.6 Å². The van der Waals surface area contributed by atoms with Crippen molar-refractivity contribution >= 4 is 18.1 Å². The quantitative estimate of drug-likeness (QED) is 0.596. The summed E-state index contributed by atoms with van der Waals surface area (Å²) in [6, 6.07) is 5.38. The molecule has 0 bridgehead atoms. The number of carbonyl (C=O) groups is 3. The molecule has 3 rings (SSSR count). The second-order valence-electron chi connectivity index (χ2n) is 6.29. The number of benzene rings is 1. The first-order chi connectivity index (χ1) is 13.4. The fourth-order valence-corrected chi connectivity index (χ4v) is 2.69. The second kappa shape index (κ2) is 7.91. The molecule has 0 radical (unpaired) electrons. The molecule has 1 aliphatic heterocycles. The lowest BCUT2D eigenvalue weighted by molar-refractivity contribution is -0.133. The van der Waals surface area contributed by atoms with E-state index in [9.17, 15) is 18.8 Å². The molecule has 1 aromatic carbocycles. The molecule has 2 aromatic rings. The number of rotatable bonds is 6. The number of hydrogen-bond acceptors (Lipinski definition) is 6. The van der Waals surface area contributed by atoms with Crippen LogP contribution in [0.1, 0.15) is 22.8 Å². The summed E-state index contributed by atoms with van der Waals surface area (Å²) in [5.74, 6) is -1.49. The van der Waals surface area contributed by atoms with Crippen molar-refractivity contribution in [1.29, 1.82) is 0 Å². The zero-order chi connectivity index (χ0) is 20.3. The Morgan fingerprint density at radius 1 is 1.50 bits per heavy atom. The number of amides is 2. The fraction of sp³-hybridized carbons (Fsp3) is 0.222. The standard InChI is InChI=1S/C18H19FN6O3/c1-11(9-26)25-10-21-16(20)15(18(25)28)23-17(27)13-6-22-24(8-13)7-12-3-2-4-14(19)5-12/h2-6,8-9,11,21H,7,10,20H2,1H3,(H,23,27). The van der Waals surface area contributed by atoms with Gasteiger partial charge in [-0.15, -0.1) is 0 Å². The van der Waals surface area contributed by atoms with Crippen LogP contribution in [0.3, 0.4) is 0 Å².